The molecule has 1 aliphatic heterocycles. The molecule has 8 heteroatoms. The van der Waals surface area contributed by atoms with Gasteiger partial charge in [0.2, 0.25) is 16.7 Å². The topological polar surface area (TPSA) is 70.0 Å². The first-order valence-corrected chi connectivity index (χ1v) is 11.8. The number of thiazole rings is 1. The number of hydrogen-bond acceptors (Lipinski definition) is 7. The van der Waals surface area contributed by atoms with Crippen LogP contribution in [0.15, 0.2) is 83.5 Å². The summed E-state index contributed by atoms with van der Waals surface area (Å²) in [6.45, 7) is 3.63. The lowest BCUT2D eigenvalue weighted by molar-refractivity contribution is 0.211. The largest absolute Gasteiger partial charge is 0.492 e. The van der Waals surface area contributed by atoms with Gasteiger partial charge in [0, 0.05) is 31.9 Å². The van der Waals surface area contributed by atoms with Crippen LogP contribution >= 0.6 is 11.3 Å². The third-order valence-electron chi connectivity index (χ3n) is 6.11. The van der Waals surface area contributed by atoms with Crippen molar-refractivity contribution in [2.45, 2.75) is 6.04 Å². The second kappa shape index (κ2) is 8.38. The standard InChI is InChI=1S/C25H23N5O2S/c31-24-22(33-25-26-23(27-30(24)25)20-12-7-17-32-20)21(18-8-3-1-4-9-18)29-15-13-28(14-16-29)19-10-5-2-6-11-19/h1-12,17,21,31H,13-16H2/t21-/m1/s1. The van der Waals surface area contributed by atoms with Gasteiger partial charge in [0.25, 0.3) is 0 Å². The van der Waals surface area contributed by atoms with E-state index in [0.717, 1.165) is 36.6 Å². The summed E-state index contributed by atoms with van der Waals surface area (Å²) in [7, 11) is 0. The highest BCUT2D eigenvalue weighted by molar-refractivity contribution is 7.17. The van der Waals surface area contributed by atoms with Gasteiger partial charge in [-0.15, -0.1) is 5.10 Å². The second-order valence-electron chi connectivity index (χ2n) is 8.07. The number of hydrogen-bond donors (Lipinski definition) is 1. The molecule has 7 nitrogen and oxygen atoms in total. The second-order valence-corrected chi connectivity index (χ2v) is 9.08. The van der Waals surface area contributed by atoms with Crippen LogP contribution in [-0.4, -0.2) is 50.8 Å². The number of anilines is 1. The molecule has 166 valence electrons. The fraction of sp³-hybridized carbons (Fsp3) is 0.200. The van der Waals surface area contributed by atoms with Gasteiger partial charge < -0.3 is 14.4 Å². The van der Waals surface area contributed by atoms with Gasteiger partial charge in [0.1, 0.15) is 0 Å². The molecule has 5 aromatic rings. The van der Waals surface area contributed by atoms with Gasteiger partial charge in [-0.3, -0.25) is 4.90 Å². The molecular formula is C25H23N5O2S. The van der Waals surface area contributed by atoms with Crippen LogP contribution in [0.2, 0.25) is 0 Å². The molecule has 1 atom stereocenters. The summed E-state index contributed by atoms with van der Waals surface area (Å²) < 4.78 is 6.94. The molecule has 3 aromatic heterocycles. The van der Waals surface area contributed by atoms with Crippen molar-refractivity contribution in [1.29, 1.82) is 0 Å². The SMILES string of the molecule is Oc1c([C@@H](c2ccccc2)N2CCN(c3ccccc3)CC2)sc2nc(-c3ccco3)nn12. The Morgan fingerprint density at radius 2 is 1.61 bits per heavy atom. The zero-order valence-electron chi connectivity index (χ0n) is 17.9. The number of aromatic nitrogens is 3. The van der Waals surface area contributed by atoms with Crippen molar-refractivity contribution in [1.82, 2.24) is 19.5 Å². The van der Waals surface area contributed by atoms with Gasteiger partial charge in [-0.05, 0) is 29.8 Å². The van der Waals surface area contributed by atoms with E-state index >= 15 is 0 Å². The molecule has 0 unspecified atom stereocenters. The van der Waals surface area contributed by atoms with Gasteiger partial charge in [-0.1, -0.05) is 59.9 Å². The molecule has 0 bridgehead atoms. The molecule has 1 fully saturated rings. The molecule has 0 amide bonds. The maximum Gasteiger partial charge on any atom is 0.230 e. The average Bonchev–Trinajstić information content (AvgIpc) is 3.60. The third kappa shape index (κ3) is 3.67. The van der Waals surface area contributed by atoms with E-state index in [0.29, 0.717) is 16.5 Å². The summed E-state index contributed by atoms with van der Waals surface area (Å²) in [5.41, 5.74) is 2.40. The minimum Gasteiger partial charge on any atom is -0.492 e. The van der Waals surface area contributed by atoms with E-state index in [9.17, 15) is 5.11 Å². The van der Waals surface area contributed by atoms with Crippen LogP contribution < -0.4 is 4.90 Å². The van der Waals surface area contributed by atoms with Gasteiger partial charge in [0.05, 0.1) is 17.2 Å². The molecule has 0 saturated carbocycles. The predicted molar refractivity (Wildman–Crippen MR) is 129 cm³/mol. The Labute approximate surface area is 195 Å². The minimum absolute atomic E-state index is 0.0651. The Morgan fingerprint density at radius 3 is 2.27 bits per heavy atom. The highest BCUT2D eigenvalue weighted by Gasteiger charge is 2.32. The number of fused-ring (bicyclic) bond motifs is 1. The van der Waals surface area contributed by atoms with Crippen molar-refractivity contribution in [2.75, 3.05) is 31.1 Å². The van der Waals surface area contributed by atoms with Crippen molar-refractivity contribution < 1.29 is 9.52 Å². The molecule has 1 N–H and O–H groups in total. The summed E-state index contributed by atoms with van der Waals surface area (Å²) in [6.07, 6.45) is 1.59. The molecule has 6 rings (SSSR count). The van der Waals surface area contributed by atoms with Gasteiger partial charge >= 0.3 is 0 Å². The first kappa shape index (κ1) is 20.0. The zero-order valence-corrected chi connectivity index (χ0v) is 18.7. The number of para-hydroxylation sites is 1. The van der Waals surface area contributed by atoms with Gasteiger partial charge in [0.15, 0.2) is 5.76 Å². The molecule has 0 radical (unpaired) electrons. The Balaban J connectivity index is 1.33. The minimum atomic E-state index is -0.0651. The van der Waals surface area contributed by atoms with Crippen molar-refractivity contribution in [2.24, 2.45) is 0 Å². The lowest BCUT2D eigenvalue weighted by atomic mass is 10.0. The number of rotatable bonds is 5. The van der Waals surface area contributed by atoms with Crippen LogP contribution in [-0.2, 0) is 0 Å². The van der Waals surface area contributed by atoms with Crippen molar-refractivity contribution in [3.8, 4) is 17.5 Å². The zero-order chi connectivity index (χ0) is 22.2. The summed E-state index contributed by atoms with van der Waals surface area (Å²) in [6, 6.07) is 24.4. The van der Waals surface area contributed by atoms with Crippen LogP contribution in [0.3, 0.4) is 0 Å². The van der Waals surface area contributed by atoms with E-state index in [4.69, 9.17) is 4.42 Å². The Bertz CT molecular complexity index is 1340. The first-order chi connectivity index (χ1) is 16.3. The highest BCUT2D eigenvalue weighted by Crippen LogP contribution is 2.41. The van der Waals surface area contributed by atoms with Gasteiger partial charge in [-0.2, -0.15) is 9.50 Å². The van der Waals surface area contributed by atoms with Crippen LogP contribution in [0.1, 0.15) is 16.5 Å². The maximum atomic E-state index is 11.2. The summed E-state index contributed by atoms with van der Waals surface area (Å²) in [5.74, 6) is 1.20. The summed E-state index contributed by atoms with van der Waals surface area (Å²) in [4.78, 5) is 11.0. The molecule has 0 aliphatic carbocycles. The van der Waals surface area contributed by atoms with Crippen molar-refractivity contribution >= 4 is 22.0 Å². The maximum absolute atomic E-state index is 11.2. The molecule has 33 heavy (non-hydrogen) atoms. The molecule has 1 aliphatic rings. The Morgan fingerprint density at radius 1 is 0.879 bits per heavy atom. The number of benzene rings is 2. The van der Waals surface area contributed by atoms with Crippen LogP contribution in [0.5, 0.6) is 5.88 Å². The smallest absolute Gasteiger partial charge is 0.230 e. The highest BCUT2D eigenvalue weighted by atomic mass is 32.1. The monoisotopic (exact) mass is 457 g/mol. The van der Waals surface area contributed by atoms with Crippen molar-refractivity contribution in [3.05, 3.63) is 89.5 Å². The van der Waals surface area contributed by atoms with E-state index in [-0.39, 0.29) is 11.9 Å². The normalized spacial score (nSPS) is 15.8. The number of aromatic hydroxyl groups is 1. The van der Waals surface area contributed by atoms with Crippen LogP contribution in [0, 0.1) is 0 Å². The lowest BCUT2D eigenvalue weighted by Crippen LogP contribution is -2.47. The fourth-order valence-corrected chi connectivity index (χ4v) is 5.60. The van der Waals surface area contributed by atoms with E-state index in [1.165, 1.54) is 21.5 Å². The van der Waals surface area contributed by atoms with E-state index in [1.807, 2.05) is 30.3 Å². The lowest BCUT2D eigenvalue weighted by Gasteiger charge is -2.40. The fourth-order valence-electron chi connectivity index (χ4n) is 4.48. The number of piperazine rings is 1. The van der Waals surface area contributed by atoms with E-state index < -0.39 is 0 Å². The molecule has 0 spiro atoms. The Hall–Kier alpha value is -3.62. The van der Waals surface area contributed by atoms with Crippen LogP contribution in [0.4, 0.5) is 5.69 Å². The first-order valence-electron chi connectivity index (χ1n) is 11.0. The molecule has 4 heterocycles. The van der Waals surface area contributed by atoms with E-state index in [1.54, 1.807) is 12.3 Å². The predicted octanol–water partition coefficient (Wildman–Crippen LogP) is 4.67. The third-order valence-corrected chi connectivity index (χ3v) is 7.18. The Kier molecular flexibility index (Phi) is 5.09. The summed E-state index contributed by atoms with van der Waals surface area (Å²) >= 11 is 1.48. The van der Waals surface area contributed by atoms with E-state index in [2.05, 4.69) is 56.3 Å². The molecule has 2 aromatic carbocycles. The molecule has 1 saturated heterocycles. The van der Waals surface area contributed by atoms with Crippen LogP contribution in [0.25, 0.3) is 16.5 Å². The quantitative estimate of drug-likeness (QED) is 0.414. The molecular weight excluding hydrogens is 434 g/mol. The van der Waals surface area contributed by atoms with Gasteiger partial charge in [-0.25, -0.2) is 0 Å². The summed E-state index contributed by atoms with van der Waals surface area (Å²) in [5, 5.41) is 15.7. The van der Waals surface area contributed by atoms with Crippen molar-refractivity contribution in [3.63, 3.8) is 0 Å². The number of furan rings is 1. The number of nitrogens with zero attached hydrogens (tertiary/aromatic N) is 5. The average molecular weight is 458 g/mol.